The highest BCUT2D eigenvalue weighted by atomic mass is 35.5. The average Bonchev–Trinajstić information content (AvgIpc) is 3.15. The highest BCUT2D eigenvalue weighted by molar-refractivity contribution is 8.18. The summed E-state index contributed by atoms with van der Waals surface area (Å²) in [5.41, 5.74) is 2.01. The number of amides is 3. The number of hydrogen-bond donors (Lipinski definition) is 1. The van der Waals surface area contributed by atoms with Crippen LogP contribution in [0.5, 0.6) is 11.5 Å². The van der Waals surface area contributed by atoms with Crippen LogP contribution < -0.4 is 14.8 Å². The number of carbonyl (C=O) groups excluding carboxylic acids is 3. The Labute approximate surface area is 222 Å². The quantitative estimate of drug-likeness (QED) is 0.329. The molecule has 0 aliphatic carbocycles. The first-order valence-corrected chi connectivity index (χ1v) is 12.4. The third-order valence-electron chi connectivity index (χ3n) is 5.36. The van der Waals surface area contributed by atoms with Gasteiger partial charge in [-0.05, 0) is 77.5 Å². The lowest BCUT2D eigenvalue weighted by molar-refractivity contribution is -0.123. The summed E-state index contributed by atoms with van der Waals surface area (Å²) in [6.45, 7) is 0.246. The molecular formula is C27H22ClFN2O5S. The third-order valence-corrected chi connectivity index (χ3v) is 6.52. The van der Waals surface area contributed by atoms with E-state index in [-0.39, 0.29) is 17.9 Å². The summed E-state index contributed by atoms with van der Waals surface area (Å²) in [6, 6.07) is 17.8. The van der Waals surface area contributed by atoms with Gasteiger partial charge in [0.25, 0.3) is 11.1 Å². The second-order valence-electron chi connectivity index (χ2n) is 7.96. The molecule has 1 N–H and O–H groups in total. The highest BCUT2D eigenvalue weighted by Crippen LogP contribution is 2.35. The molecule has 3 amide bonds. The second kappa shape index (κ2) is 11.9. The van der Waals surface area contributed by atoms with Gasteiger partial charge in [0.1, 0.15) is 12.4 Å². The predicted octanol–water partition coefficient (Wildman–Crippen LogP) is 6.13. The molecule has 0 saturated carbocycles. The Kier molecular flexibility index (Phi) is 8.47. The fourth-order valence-corrected chi connectivity index (χ4v) is 4.44. The topological polar surface area (TPSA) is 84.9 Å². The Morgan fingerprint density at radius 3 is 2.49 bits per heavy atom. The number of hydrogen-bond acceptors (Lipinski definition) is 6. The average molecular weight is 541 g/mol. The molecule has 7 nitrogen and oxygen atoms in total. The largest absolute Gasteiger partial charge is 0.493 e. The van der Waals surface area contributed by atoms with Gasteiger partial charge in [0.15, 0.2) is 11.5 Å². The zero-order chi connectivity index (χ0) is 26.4. The van der Waals surface area contributed by atoms with Gasteiger partial charge in [0.05, 0.1) is 12.0 Å². The molecule has 1 heterocycles. The van der Waals surface area contributed by atoms with E-state index < -0.39 is 22.9 Å². The molecule has 10 heteroatoms. The molecule has 0 radical (unpaired) electrons. The molecule has 0 aromatic heterocycles. The van der Waals surface area contributed by atoms with Crippen LogP contribution in [0.15, 0.2) is 71.6 Å². The Balaban J connectivity index is 1.37. The molecule has 3 aromatic carbocycles. The summed E-state index contributed by atoms with van der Waals surface area (Å²) < 4.78 is 24.3. The van der Waals surface area contributed by atoms with Crippen molar-refractivity contribution in [2.75, 3.05) is 19.0 Å². The van der Waals surface area contributed by atoms with Crippen molar-refractivity contribution in [3.8, 4) is 11.5 Å². The van der Waals surface area contributed by atoms with Crippen molar-refractivity contribution in [2.45, 2.75) is 13.0 Å². The number of halogens is 2. The molecule has 1 aliphatic rings. The Morgan fingerprint density at radius 2 is 1.78 bits per heavy atom. The van der Waals surface area contributed by atoms with Crippen molar-refractivity contribution in [3.63, 3.8) is 0 Å². The number of imide groups is 1. The standard InChI is InChI=1S/C27H22ClFN2O5S/c1-35-23-14-18(4-11-22(23)36-16-17-2-5-19(28)6-3-17)15-24-26(33)31(27(34)37-24)13-12-25(32)30-21-9-7-20(29)8-10-21/h2-11,14-15H,12-13,16H2,1H3,(H,30,32). The third kappa shape index (κ3) is 6.90. The minimum absolute atomic E-state index is 0.0736. The van der Waals surface area contributed by atoms with Gasteiger partial charge in [-0.3, -0.25) is 19.3 Å². The molecule has 1 aliphatic heterocycles. The molecular weight excluding hydrogens is 519 g/mol. The van der Waals surface area contributed by atoms with Crippen molar-refractivity contribution < 1.29 is 28.2 Å². The Hall–Kier alpha value is -3.82. The van der Waals surface area contributed by atoms with Crippen LogP contribution in [0.4, 0.5) is 14.9 Å². The summed E-state index contributed by atoms with van der Waals surface area (Å²) in [7, 11) is 1.51. The van der Waals surface area contributed by atoms with Gasteiger partial charge in [-0.2, -0.15) is 0 Å². The maximum atomic E-state index is 13.0. The molecule has 1 fully saturated rings. The summed E-state index contributed by atoms with van der Waals surface area (Å²) in [4.78, 5) is 38.7. The summed E-state index contributed by atoms with van der Waals surface area (Å²) in [5, 5.41) is 2.79. The molecule has 0 unspecified atom stereocenters. The minimum atomic E-state index is -0.480. The molecule has 3 aromatic rings. The van der Waals surface area contributed by atoms with E-state index in [0.29, 0.717) is 34.4 Å². The number of rotatable bonds is 9. The summed E-state index contributed by atoms with van der Waals surface area (Å²) >= 11 is 6.72. The van der Waals surface area contributed by atoms with Crippen LogP contribution in [0.25, 0.3) is 6.08 Å². The van der Waals surface area contributed by atoms with Crippen LogP contribution in [-0.4, -0.2) is 35.6 Å². The SMILES string of the molecule is COc1cc(C=C2SC(=O)N(CCC(=O)Nc3ccc(F)cc3)C2=O)ccc1OCc1ccc(Cl)cc1. The summed E-state index contributed by atoms with van der Waals surface area (Å²) in [6.07, 6.45) is 1.51. The van der Waals surface area contributed by atoms with Gasteiger partial charge in [-0.25, -0.2) is 4.39 Å². The molecule has 0 spiro atoms. The maximum Gasteiger partial charge on any atom is 0.293 e. The zero-order valence-electron chi connectivity index (χ0n) is 19.7. The van der Waals surface area contributed by atoms with Crippen LogP contribution in [0, 0.1) is 5.82 Å². The second-order valence-corrected chi connectivity index (χ2v) is 9.39. The number of nitrogens with one attached hydrogen (secondary N) is 1. The predicted molar refractivity (Wildman–Crippen MR) is 141 cm³/mol. The number of anilines is 1. The Morgan fingerprint density at radius 1 is 1.05 bits per heavy atom. The van der Waals surface area contributed by atoms with E-state index in [2.05, 4.69) is 5.32 Å². The number of benzene rings is 3. The number of ether oxygens (including phenoxy) is 2. The monoisotopic (exact) mass is 540 g/mol. The first kappa shape index (κ1) is 26.2. The zero-order valence-corrected chi connectivity index (χ0v) is 21.3. The van der Waals surface area contributed by atoms with E-state index in [9.17, 15) is 18.8 Å². The van der Waals surface area contributed by atoms with Crippen molar-refractivity contribution in [1.29, 1.82) is 0 Å². The van der Waals surface area contributed by atoms with Crippen LogP contribution in [0.3, 0.4) is 0 Å². The minimum Gasteiger partial charge on any atom is -0.493 e. The lowest BCUT2D eigenvalue weighted by Gasteiger charge is -2.12. The lowest BCUT2D eigenvalue weighted by Crippen LogP contribution is -2.31. The smallest absolute Gasteiger partial charge is 0.293 e. The maximum absolute atomic E-state index is 13.0. The van der Waals surface area contributed by atoms with Crippen molar-refractivity contribution >= 4 is 52.2 Å². The van der Waals surface area contributed by atoms with Gasteiger partial charge in [-0.1, -0.05) is 29.8 Å². The van der Waals surface area contributed by atoms with Gasteiger partial charge in [-0.15, -0.1) is 0 Å². The van der Waals surface area contributed by atoms with Crippen molar-refractivity contribution in [3.05, 3.63) is 93.6 Å². The number of nitrogens with zero attached hydrogens (tertiary/aromatic N) is 1. The molecule has 0 bridgehead atoms. The number of thioether (sulfide) groups is 1. The fraction of sp³-hybridized carbons (Fsp3) is 0.148. The van der Waals surface area contributed by atoms with E-state index in [1.54, 1.807) is 36.4 Å². The normalized spacial score (nSPS) is 14.2. The first-order valence-electron chi connectivity index (χ1n) is 11.2. The fourth-order valence-electron chi connectivity index (χ4n) is 3.45. The van der Waals surface area contributed by atoms with Crippen LogP contribution in [-0.2, 0) is 16.2 Å². The van der Waals surface area contributed by atoms with Crippen LogP contribution in [0.1, 0.15) is 17.5 Å². The summed E-state index contributed by atoms with van der Waals surface area (Å²) in [5.74, 6) is -0.297. The van der Waals surface area contributed by atoms with Crippen molar-refractivity contribution in [2.24, 2.45) is 0 Å². The van der Waals surface area contributed by atoms with Crippen LogP contribution in [0.2, 0.25) is 5.02 Å². The van der Waals surface area contributed by atoms with Gasteiger partial charge in [0, 0.05) is 23.7 Å². The van der Waals surface area contributed by atoms with Crippen molar-refractivity contribution in [1.82, 2.24) is 4.90 Å². The van der Waals surface area contributed by atoms with Crippen LogP contribution >= 0.6 is 23.4 Å². The van der Waals surface area contributed by atoms with Gasteiger partial charge >= 0.3 is 0 Å². The molecule has 4 rings (SSSR count). The van der Waals surface area contributed by atoms with E-state index in [1.165, 1.54) is 31.4 Å². The van der Waals surface area contributed by atoms with Gasteiger partial charge < -0.3 is 14.8 Å². The lowest BCUT2D eigenvalue weighted by atomic mass is 10.1. The highest BCUT2D eigenvalue weighted by Gasteiger charge is 2.35. The van der Waals surface area contributed by atoms with Gasteiger partial charge in [0.2, 0.25) is 5.91 Å². The molecule has 37 heavy (non-hydrogen) atoms. The first-order chi connectivity index (χ1) is 17.8. The number of methoxy groups -OCH3 is 1. The van der Waals surface area contributed by atoms with E-state index >= 15 is 0 Å². The molecule has 0 atom stereocenters. The molecule has 190 valence electrons. The van der Waals surface area contributed by atoms with E-state index in [1.807, 2.05) is 12.1 Å². The Bertz CT molecular complexity index is 1350. The molecule has 1 saturated heterocycles. The van der Waals surface area contributed by atoms with E-state index in [4.69, 9.17) is 21.1 Å². The van der Waals surface area contributed by atoms with E-state index in [0.717, 1.165) is 22.2 Å². The number of carbonyl (C=O) groups is 3.